The van der Waals surface area contributed by atoms with Crippen LogP contribution in [0.15, 0.2) is 11.6 Å². The van der Waals surface area contributed by atoms with E-state index < -0.39 is 11.4 Å². The first-order valence-corrected chi connectivity index (χ1v) is 8.02. The molecule has 0 bridgehead atoms. The number of carbonyl (C=O) groups is 2. The highest BCUT2D eigenvalue weighted by molar-refractivity contribution is 7.09. The van der Waals surface area contributed by atoms with Crippen molar-refractivity contribution in [1.29, 1.82) is 0 Å². The van der Waals surface area contributed by atoms with Gasteiger partial charge in [-0.15, -0.1) is 11.3 Å². The quantitative estimate of drug-likeness (QED) is 0.895. The molecule has 2 heterocycles. The van der Waals surface area contributed by atoms with E-state index in [0.29, 0.717) is 19.4 Å². The second kappa shape index (κ2) is 6.43. The molecule has 0 aromatic carbocycles. The number of amides is 2. The molecule has 7 heteroatoms. The molecule has 2 rings (SSSR count). The van der Waals surface area contributed by atoms with Gasteiger partial charge in [-0.3, -0.25) is 4.79 Å². The monoisotopic (exact) mass is 311 g/mol. The molecule has 0 radical (unpaired) electrons. The SMILES string of the molecule is CCC(NC(=O)N1CCCC(C)(C(=O)O)C1)c1nccs1. The summed E-state index contributed by atoms with van der Waals surface area (Å²) in [6.45, 7) is 4.54. The summed E-state index contributed by atoms with van der Waals surface area (Å²) in [5.41, 5.74) is -0.849. The Labute approximate surface area is 128 Å². The Bertz CT molecular complexity index is 506. The zero-order valence-electron chi connectivity index (χ0n) is 12.3. The van der Waals surface area contributed by atoms with Crippen LogP contribution in [0.3, 0.4) is 0 Å². The number of nitrogens with zero attached hydrogens (tertiary/aromatic N) is 2. The van der Waals surface area contributed by atoms with Gasteiger partial charge in [-0.1, -0.05) is 6.92 Å². The van der Waals surface area contributed by atoms with Crippen molar-refractivity contribution in [2.24, 2.45) is 5.41 Å². The Morgan fingerprint density at radius 3 is 2.95 bits per heavy atom. The molecule has 1 aromatic heterocycles. The number of thiazole rings is 1. The maximum Gasteiger partial charge on any atom is 0.317 e. The van der Waals surface area contributed by atoms with Crippen LogP contribution in [-0.4, -0.2) is 40.1 Å². The van der Waals surface area contributed by atoms with Gasteiger partial charge in [0.05, 0.1) is 11.5 Å². The molecule has 2 N–H and O–H groups in total. The van der Waals surface area contributed by atoms with Crippen molar-refractivity contribution in [3.05, 3.63) is 16.6 Å². The van der Waals surface area contributed by atoms with Crippen LogP contribution >= 0.6 is 11.3 Å². The molecule has 2 amide bonds. The van der Waals surface area contributed by atoms with E-state index in [4.69, 9.17) is 0 Å². The fourth-order valence-electron chi connectivity index (χ4n) is 2.57. The van der Waals surface area contributed by atoms with Crippen LogP contribution in [0.2, 0.25) is 0 Å². The number of urea groups is 1. The van der Waals surface area contributed by atoms with Gasteiger partial charge in [-0.2, -0.15) is 0 Å². The molecule has 116 valence electrons. The summed E-state index contributed by atoms with van der Waals surface area (Å²) in [4.78, 5) is 29.6. The molecule has 21 heavy (non-hydrogen) atoms. The minimum absolute atomic E-state index is 0.115. The van der Waals surface area contributed by atoms with Crippen LogP contribution in [0, 0.1) is 5.41 Å². The van der Waals surface area contributed by atoms with Crippen molar-refractivity contribution < 1.29 is 14.7 Å². The second-order valence-corrected chi connectivity index (χ2v) is 6.60. The van der Waals surface area contributed by atoms with Gasteiger partial charge in [0.1, 0.15) is 5.01 Å². The van der Waals surface area contributed by atoms with E-state index in [1.807, 2.05) is 12.3 Å². The summed E-state index contributed by atoms with van der Waals surface area (Å²) in [5, 5.41) is 15.0. The number of hydrogen-bond acceptors (Lipinski definition) is 4. The third-order valence-electron chi connectivity index (χ3n) is 3.96. The highest BCUT2D eigenvalue weighted by Crippen LogP contribution is 2.30. The lowest BCUT2D eigenvalue weighted by Crippen LogP contribution is -2.51. The van der Waals surface area contributed by atoms with Gasteiger partial charge in [0.25, 0.3) is 0 Å². The Balaban J connectivity index is 2.01. The smallest absolute Gasteiger partial charge is 0.317 e. The predicted octanol–water partition coefficient (Wildman–Crippen LogP) is 2.49. The lowest BCUT2D eigenvalue weighted by molar-refractivity contribution is -0.150. The number of carbonyl (C=O) groups excluding carboxylic acids is 1. The Morgan fingerprint density at radius 2 is 2.38 bits per heavy atom. The number of carboxylic acid groups (broad SMARTS) is 1. The Morgan fingerprint density at radius 1 is 1.62 bits per heavy atom. The molecule has 2 unspecified atom stereocenters. The average molecular weight is 311 g/mol. The van der Waals surface area contributed by atoms with Crippen LogP contribution in [0.1, 0.15) is 44.2 Å². The van der Waals surface area contributed by atoms with E-state index in [0.717, 1.165) is 11.4 Å². The molecular formula is C14H21N3O3S. The summed E-state index contributed by atoms with van der Waals surface area (Å²) in [5.74, 6) is -0.841. The van der Waals surface area contributed by atoms with Crippen molar-refractivity contribution in [2.45, 2.75) is 39.2 Å². The number of aromatic nitrogens is 1. The Hall–Kier alpha value is -1.63. The molecular weight excluding hydrogens is 290 g/mol. The van der Waals surface area contributed by atoms with Crippen molar-refractivity contribution in [1.82, 2.24) is 15.2 Å². The van der Waals surface area contributed by atoms with Crippen LogP contribution < -0.4 is 5.32 Å². The first kappa shape index (κ1) is 15.8. The summed E-state index contributed by atoms with van der Waals surface area (Å²) < 4.78 is 0. The molecule has 6 nitrogen and oxygen atoms in total. The normalized spacial score (nSPS) is 23.6. The molecule has 1 aromatic rings. The number of nitrogens with one attached hydrogen (secondary N) is 1. The van der Waals surface area contributed by atoms with Gasteiger partial charge in [0.2, 0.25) is 0 Å². The summed E-state index contributed by atoms with van der Waals surface area (Å²) >= 11 is 1.51. The van der Waals surface area contributed by atoms with Gasteiger partial charge < -0.3 is 15.3 Å². The highest BCUT2D eigenvalue weighted by atomic mass is 32.1. The van der Waals surface area contributed by atoms with Crippen molar-refractivity contribution >= 4 is 23.3 Å². The molecule has 1 saturated heterocycles. The summed E-state index contributed by atoms with van der Waals surface area (Å²) in [6, 6.07) is -0.320. The van der Waals surface area contributed by atoms with Crippen molar-refractivity contribution in [2.75, 3.05) is 13.1 Å². The van der Waals surface area contributed by atoms with Crippen LogP contribution in [0.5, 0.6) is 0 Å². The fraction of sp³-hybridized carbons (Fsp3) is 0.643. The van der Waals surface area contributed by atoms with Crippen LogP contribution in [0.25, 0.3) is 0 Å². The fourth-order valence-corrected chi connectivity index (χ4v) is 3.35. The number of carboxylic acids is 1. The summed E-state index contributed by atoms with van der Waals surface area (Å²) in [6.07, 6.45) is 3.79. The van der Waals surface area contributed by atoms with Gasteiger partial charge in [-0.05, 0) is 26.2 Å². The molecule has 1 aliphatic rings. The molecule has 0 aliphatic carbocycles. The highest BCUT2D eigenvalue weighted by Gasteiger charge is 2.39. The van der Waals surface area contributed by atoms with E-state index in [-0.39, 0.29) is 18.6 Å². The van der Waals surface area contributed by atoms with E-state index >= 15 is 0 Å². The maximum absolute atomic E-state index is 12.4. The number of rotatable bonds is 4. The van der Waals surface area contributed by atoms with E-state index in [1.54, 1.807) is 18.0 Å². The largest absolute Gasteiger partial charge is 0.481 e. The van der Waals surface area contributed by atoms with Gasteiger partial charge in [0, 0.05) is 24.7 Å². The third-order valence-corrected chi connectivity index (χ3v) is 4.84. The standard InChI is InChI=1S/C14H21N3O3S/c1-3-10(11-15-6-8-21-11)16-13(20)17-7-4-5-14(2,9-17)12(18)19/h6,8,10H,3-5,7,9H2,1-2H3,(H,16,20)(H,18,19). The average Bonchev–Trinajstić information content (AvgIpc) is 2.98. The lowest BCUT2D eigenvalue weighted by atomic mass is 9.82. The second-order valence-electron chi connectivity index (χ2n) is 5.67. The van der Waals surface area contributed by atoms with E-state index in [2.05, 4.69) is 10.3 Å². The van der Waals surface area contributed by atoms with Gasteiger partial charge in [-0.25, -0.2) is 9.78 Å². The van der Waals surface area contributed by atoms with Crippen molar-refractivity contribution in [3.63, 3.8) is 0 Å². The first-order valence-electron chi connectivity index (χ1n) is 7.14. The predicted molar refractivity (Wildman–Crippen MR) is 80.2 cm³/mol. The lowest BCUT2D eigenvalue weighted by Gasteiger charge is -2.37. The minimum Gasteiger partial charge on any atom is -0.481 e. The van der Waals surface area contributed by atoms with Crippen molar-refractivity contribution in [3.8, 4) is 0 Å². The van der Waals surface area contributed by atoms with Gasteiger partial charge >= 0.3 is 12.0 Å². The molecule has 0 saturated carbocycles. The Kier molecular flexibility index (Phi) is 4.82. The third kappa shape index (κ3) is 3.53. The zero-order valence-corrected chi connectivity index (χ0v) is 13.2. The molecule has 1 fully saturated rings. The maximum atomic E-state index is 12.4. The molecule has 0 spiro atoms. The number of hydrogen-bond donors (Lipinski definition) is 2. The molecule has 2 atom stereocenters. The van der Waals surface area contributed by atoms with Crippen LogP contribution in [0.4, 0.5) is 4.79 Å². The topological polar surface area (TPSA) is 82.5 Å². The van der Waals surface area contributed by atoms with E-state index in [9.17, 15) is 14.7 Å². The number of likely N-dealkylation sites (tertiary alicyclic amines) is 1. The van der Waals surface area contributed by atoms with Gasteiger partial charge in [0.15, 0.2) is 0 Å². The molecule has 1 aliphatic heterocycles. The van der Waals surface area contributed by atoms with Crippen LogP contribution in [-0.2, 0) is 4.79 Å². The van der Waals surface area contributed by atoms with E-state index in [1.165, 1.54) is 11.3 Å². The number of aliphatic carboxylic acids is 1. The zero-order chi connectivity index (χ0) is 15.5. The number of piperidine rings is 1. The minimum atomic E-state index is -0.849. The summed E-state index contributed by atoms with van der Waals surface area (Å²) in [7, 11) is 0. The first-order chi connectivity index (χ1) is 9.96.